The molecule has 1 atom stereocenters. The molecular formula is C15H12Cl2N2O2. The van der Waals surface area contributed by atoms with E-state index in [1.807, 2.05) is 0 Å². The zero-order valence-electron chi connectivity index (χ0n) is 10.8. The van der Waals surface area contributed by atoms with E-state index < -0.39 is 12.0 Å². The normalized spacial score (nSPS) is 12.3. The van der Waals surface area contributed by atoms with E-state index in [2.05, 4.69) is 10.5 Å². The highest BCUT2D eigenvalue weighted by atomic mass is 35.5. The minimum atomic E-state index is -1.28. The highest BCUT2D eigenvalue weighted by Crippen LogP contribution is 2.24. The molecule has 0 heterocycles. The Balaban J connectivity index is 2.01. The van der Waals surface area contributed by atoms with Crippen LogP contribution in [0.1, 0.15) is 17.2 Å². The fraction of sp³-hybridized carbons (Fsp3) is 0.0667. The maximum Gasteiger partial charge on any atom is 0.273 e. The molecule has 4 nitrogen and oxygen atoms in total. The van der Waals surface area contributed by atoms with Crippen molar-refractivity contribution in [1.29, 1.82) is 0 Å². The fourth-order valence-corrected chi connectivity index (χ4v) is 1.99. The topological polar surface area (TPSA) is 61.7 Å². The van der Waals surface area contributed by atoms with Crippen LogP contribution in [0.5, 0.6) is 0 Å². The molecule has 0 aliphatic heterocycles. The van der Waals surface area contributed by atoms with Gasteiger partial charge in [0.15, 0.2) is 6.10 Å². The number of hydrogen-bond acceptors (Lipinski definition) is 3. The summed E-state index contributed by atoms with van der Waals surface area (Å²) < 4.78 is 0. The molecule has 0 bridgehead atoms. The Morgan fingerprint density at radius 1 is 1.14 bits per heavy atom. The lowest BCUT2D eigenvalue weighted by atomic mass is 10.1. The molecule has 2 rings (SSSR count). The predicted molar refractivity (Wildman–Crippen MR) is 83.6 cm³/mol. The Hall–Kier alpha value is -1.88. The average Bonchev–Trinajstić information content (AvgIpc) is 2.51. The fourth-order valence-electron chi connectivity index (χ4n) is 1.63. The van der Waals surface area contributed by atoms with Crippen molar-refractivity contribution < 1.29 is 9.90 Å². The molecule has 0 radical (unpaired) electrons. The van der Waals surface area contributed by atoms with Crippen LogP contribution in [-0.4, -0.2) is 17.2 Å². The molecule has 0 saturated heterocycles. The Morgan fingerprint density at radius 2 is 1.86 bits per heavy atom. The largest absolute Gasteiger partial charge is 0.378 e. The molecule has 21 heavy (non-hydrogen) atoms. The summed E-state index contributed by atoms with van der Waals surface area (Å²) in [4.78, 5) is 11.8. The van der Waals surface area contributed by atoms with Gasteiger partial charge in [-0.1, -0.05) is 65.7 Å². The van der Waals surface area contributed by atoms with Crippen LogP contribution >= 0.6 is 23.2 Å². The van der Waals surface area contributed by atoms with E-state index in [1.54, 1.807) is 48.5 Å². The van der Waals surface area contributed by atoms with Gasteiger partial charge in [0.2, 0.25) is 0 Å². The Morgan fingerprint density at radius 3 is 2.57 bits per heavy atom. The molecule has 2 N–H and O–H groups in total. The summed E-state index contributed by atoms with van der Waals surface area (Å²) in [5.74, 6) is -0.629. The summed E-state index contributed by atoms with van der Waals surface area (Å²) >= 11 is 11.8. The number of carbonyl (C=O) groups excluding carboxylic acids is 1. The third-order valence-electron chi connectivity index (χ3n) is 2.72. The van der Waals surface area contributed by atoms with Gasteiger partial charge in [0.25, 0.3) is 5.91 Å². The zero-order chi connectivity index (χ0) is 15.2. The van der Waals surface area contributed by atoms with Gasteiger partial charge in [-0.25, -0.2) is 5.43 Å². The smallest absolute Gasteiger partial charge is 0.273 e. The summed E-state index contributed by atoms with van der Waals surface area (Å²) in [7, 11) is 0. The van der Waals surface area contributed by atoms with Crippen molar-refractivity contribution in [2.45, 2.75) is 6.10 Å². The molecular weight excluding hydrogens is 311 g/mol. The maximum absolute atomic E-state index is 11.8. The minimum absolute atomic E-state index is 0.348. The number of hydrogen-bond donors (Lipinski definition) is 2. The van der Waals surface area contributed by atoms with Crippen LogP contribution < -0.4 is 5.43 Å². The van der Waals surface area contributed by atoms with Crippen molar-refractivity contribution in [3.8, 4) is 0 Å². The molecule has 1 unspecified atom stereocenters. The highest BCUT2D eigenvalue weighted by molar-refractivity contribution is 6.43. The van der Waals surface area contributed by atoms with Gasteiger partial charge in [-0.05, 0) is 11.6 Å². The van der Waals surface area contributed by atoms with Crippen LogP contribution in [0.15, 0.2) is 53.6 Å². The number of hydrazone groups is 1. The quantitative estimate of drug-likeness (QED) is 0.670. The second-order valence-electron chi connectivity index (χ2n) is 4.19. The van der Waals surface area contributed by atoms with Crippen molar-refractivity contribution in [2.24, 2.45) is 5.10 Å². The number of rotatable bonds is 4. The van der Waals surface area contributed by atoms with Crippen LogP contribution in [0.4, 0.5) is 0 Å². The number of carbonyl (C=O) groups is 1. The third-order valence-corrected chi connectivity index (χ3v) is 3.56. The SMILES string of the molecule is O=C(N/N=C/c1cccc(Cl)c1Cl)C(O)c1ccccc1. The summed E-state index contributed by atoms with van der Waals surface area (Å²) in [6, 6.07) is 13.7. The number of nitrogens with zero attached hydrogens (tertiary/aromatic N) is 1. The van der Waals surface area contributed by atoms with Gasteiger partial charge in [0.05, 0.1) is 16.3 Å². The molecule has 0 saturated carbocycles. The van der Waals surface area contributed by atoms with E-state index in [0.717, 1.165) is 0 Å². The van der Waals surface area contributed by atoms with E-state index >= 15 is 0 Å². The number of amides is 1. The van der Waals surface area contributed by atoms with Crippen molar-refractivity contribution >= 4 is 35.3 Å². The van der Waals surface area contributed by atoms with Crippen molar-refractivity contribution in [1.82, 2.24) is 5.43 Å². The molecule has 108 valence electrons. The first-order valence-corrected chi connectivity index (χ1v) is 6.85. The van der Waals surface area contributed by atoms with Gasteiger partial charge in [-0.15, -0.1) is 0 Å². The van der Waals surface area contributed by atoms with Crippen LogP contribution in [0.25, 0.3) is 0 Å². The molecule has 0 spiro atoms. The van der Waals surface area contributed by atoms with Crippen molar-refractivity contribution in [3.05, 3.63) is 69.7 Å². The summed E-state index contributed by atoms with van der Waals surface area (Å²) in [5.41, 5.74) is 3.31. The summed E-state index contributed by atoms with van der Waals surface area (Å²) in [5, 5.41) is 14.4. The first-order chi connectivity index (χ1) is 10.1. The van der Waals surface area contributed by atoms with Gasteiger partial charge >= 0.3 is 0 Å². The lowest BCUT2D eigenvalue weighted by molar-refractivity contribution is -0.129. The van der Waals surface area contributed by atoms with Crippen molar-refractivity contribution in [3.63, 3.8) is 0 Å². The Kier molecular flexibility index (Phi) is 5.33. The van der Waals surface area contributed by atoms with E-state index in [-0.39, 0.29) is 0 Å². The highest BCUT2D eigenvalue weighted by Gasteiger charge is 2.15. The van der Waals surface area contributed by atoms with Gasteiger partial charge in [-0.2, -0.15) is 5.10 Å². The number of nitrogens with one attached hydrogen (secondary N) is 1. The number of halogens is 2. The zero-order valence-corrected chi connectivity index (χ0v) is 12.3. The monoisotopic (exact) mass is 322 g/mol. The van der Waals surface area contributed by atoms with Gasteiger partial charge < -0.3 is 5.11 Å². The van der Waals surface area contributed by atoms with Crippen LogP contribution in [0, 0.1) is 0 Å². The molecule has 1 amide bonds. The second-order valence-corrected chi connectivity index (χ2v) is 4.98. The molecule has 0 aliphatic carbocycles. The van der Waals surface area contributed by atoms with E-state index in [9.17, 15) is 9.90 Å². The number of aliphatic hydroxyl groups is 1. The Bertz CT molecular complexity index is 660. The third kappa shape index (κ3) is 4.04. The Labute approximate surface area is 132 Å². The van der Waals surface area contributed by atoms with Gasteiger partial charge in [-0.3, -0.25) is 4.79 Å². The molecule has 6 heteroatoms. The van der Waals surface area contributed by atoms with E-state index in [0.29, 0.717) is 21.2 Å². The minimum Gasteiger partial charge on any atom is -0.378 e. The predicted octanol–water partition coefficient (Wildman–Crippen LogP) is 3.18. The van der Waals surface area contributed by atoms with Gasteiger partial charge in [0.1, 0.15) is 0 Å². The first-order valence-electron chi connectivity index (χ1n) is 6.09. The molecule has 2 aromatic carbocycles. The van der Waals surface area contributed by atoms with Crippen molar-refractivity contribution in [2.75, 3.05) is 0 Å². The van der Waals surface area contributed by atoms with Gasteiger partial charge in [0, 0.05) is 5.56 Å². The lowest BCUT2D eigenvalue weighted by Gasteiger charge is -2.08. The molecule has 0 aromatic heterocycles. The van der Waals surface area contributed by atoms with Crippen LogP contribution in [0.2, 0.25) is 10.0 Å². The number of aliphatic hydroxyl groups excluding tert-OH is 1. The van der Waals surface area contributed by atoms with Crippen LogP contribution in [0.3, 0.4) is 0 Å². The summed E-state index contributed by atoms with van der Waals surface area (Å²) in [6.07, 6.45) is 0.0854. The maximum atomic E-state index is 11.8. The standard InChI is InChI=1S/C15H12Cl2N2O2/c16-12-8-4-7-11(13(12)17)9-18-19-15(21)14(20)10-5-2-1-3-6-10/h1-9,14,20H,(H,19,21)/b18-9+. The lowest BCUT2D eigenvalue weighted by Crippen LogP contribution is -2.25. The van der Waals surface area contributed by atoms with Crippen LogP contribution in [-0.2, 0) is 4.79 Å². The number of benzene rings is 2. The molecule has 0 aliphatic rings. The molecule has 2 aromatic rings. The summed E-state index contributed by atoms with van der Waals surface area (Å²) in [6.45, 7) is 0. The second kappa shape index (κ2) is 7.22. The molecule has 0 fully saturated rings. The van der Waals surface area contributed by atoms with E-state index in [1.165, 1.54) is 6.21 Å². The average molecular weight is 323 g/mol. The van der Waals surface area contributed by atoms with E-state index in [4.69, 9.17) is 23.2 Å². The first kappa shape index (κ1) is 15.5.